The molecule has 2 amide bonds. The Kier molecular flexibility index (Phi) is 10.1. The molecule has 0 aliphatic carbocycles. The summed E-state index contributed by atoms with van der Waals surface area (Å²) in [4.78, 5) is 29.3. The summed E-state index contributed by atoms with van der Waals surface area (Å²) in [6.45, 7) is 3.69. The Morgan fingerprint density at radius 2 is 1.82 bits per heavy atom. The minimum Gasteiger partial charge on any atom is -0.493 e. The molecular formula is C26H33FN6O5. The lowest BCUT2D eigenvalue weighted by Crippen LogP contribution is -2.46. The summed E-state index contributed by atoms with van der Waals surface area (Å²) in [6.07, 6.45) is 0.757. The van der Waals surface area contributed by atoms with Crippen LogP contribution in [-0.2, 0) is 16.1 Å². The van der Waals surface area contributed by atoms with Gasteiger partial charge < -0.3 is 24.8 Å². The number of nitrogens with zero attached hydrogens (tertiary/aromatic N) is 5. The molecule has 12 heteroatoms. The van der Waals surface area contributed by atoms with Crippen LogP contribution in [0.5, 0.6) is 11.5 Å². The van der Waals surface area contributed by atoms with Crippen LogP contribution in [0.2, 0.25) is 0 Å². The van der Waals surface area contributed by atoms with Crippen LogP contribution in [0, 0.1) is 11.7 Å². The predicted octanol–water partition coefficient (Wildman–Crippen LogP) is 2.22. The van der Waals surface area contributed by atoms with Gasteiger partial charge in [0.25, 0.3) is 0 Å². The smallest absolute Gasteiger partial charge is 0.247 e. The third kappa shape index (κ3) is 7.25. The number of aliphatic hydroxyl groups excluding tert-OH is 1. The van der Waals surface area contributed by atoms with E-state index in [-0.39, 0.29) is 25.5 Å². The second-order valence-electron chi connectivity index (χ2n) is 8.95. The average molecular weight is 529 g/mol. The summed E-state index contributed by atoms with van der Waals surface area (Å²) in [5.74, 6) is 0.134. The fraction of sp³-hybridized carbons (Fsp3) is 0.423. The first-order valence-electron chi connectivity index (χ1n) is 12.2. The summed E-state index contributed by atoms with van der Waals surface area (Å²) in [6, 6.07) is 9.44. The molecule has 0 bridgehead atoms. The number of hydrogen-bond acceptors (Lipinski definition) is 8. The molecule has 2 aromatic carbocycles. The van der Waals surface area contributed by atoms with Crippen molar-refractivity contribution in [3.05, 3.63) is 53.8 Å². The molecule has 204 valence electrons. The van der Waals surface area contributed by atoms with E-state index >= 15 is 0 Å². The van der Waals surface area contributed by atoms with Crippen LogP contribution in [0.15, 0.2) is 42.5 Å². The second kappa shape index (κ2) is 13.5. The van der Waals surface area contributed by atoms with Gasteiger partial charge in [-0.15, -0.1) is 10.2 Å². The first-order chi connectivity index (χ1) is 18.3. The molecule has 1 heterocycles. The van der Waals surface area contributed by atoms with E-state index < -0.39 is 23.7 Å². The van der Waals surface area contributed by atoms with Crippen molar-refractivity contribution in [1.29, 1.82) is 0 Å². The highest BCUT2D eigenvalue weighted by molar-refractivity contribution is 5.89. The molecule has 0 aliphatic rings. The lowest BCUT2D eigenvalue weighted by Gasteiger charge is -2.31. The molecule has 11 nitrogen and oxygen atoms in total. The quantitative estimate of drug-likeness (QED) is 0.345. The number of rotatable bonds is 13. The van der Waals surface area contributed by atoms with Crippen molar-refractivity contribution in [3.63, 3.8) is 0 Å². The van der Waals surface area contributed by atoms with Crippen LogP contribution in [0.1, 0.15) is 31.9 Å². The Balaban J connectivity index is 1.90. The number of aromatic nitrogens is 4. The fourth-order valence-electron chi connectivity index (χ4n) is 3.82. The predicted molar refractivity (Wildman–Crippen MR) is 137 cm³/mol. The molecule has 0 spiro atoms. The van der Waals surface area contributed by atoms with Crippen LogP contribution in [0.3, 0.4) is 0 Å². The van der Waals surface area contributed by atoms with Crippen molar-refractivity contribution in [2.75, 3.05) is 33.9 Å². The lowest BCUT2D eigenvalue weighted by molar-refractivity contribution is -0.142. The van der Waals surface area contributed by atoms with Gasteiger partial charge >= 0.3 is 0 Å². The monoisotopic (exact) mass is 528 g/mol. The molecule has 38 heavy (non-hydrogen) atoms. The summed E-state index contributed by atoms with van der Waals surface area (Å²) in [5.41, 5.74) is 1.01. The van der Waals surface area contributed by atoms with Crippen LogP contribution in [0.4, 0.5) is 4.39 Å². The summed E-state index contributed by atoms with van der Waals surface area (Å²) in [5, 5.41) is 24.8. The van der Waals surface area contributed by atoms with Gasteiger partial charge in [-0.1, -0.05) is 19.9 Å². The Morgan fingerprint density at radius 3 is 2.45 bits per heavy atom. The van der Waals surface area contributed by atoms with Crippen LogP contribution in [0.25, 0.3) is 11.4 Å². The number of carbonyl (C=O) groups is 2. The number of benzene rings is 2. The largest absolute Gasteiger partial charge is 0.493 e. The van der Waals surface area contributed by atoms with Crippen molar-refractivity contribution in [1.82, 2.24) is 30.4 Å². The van der Waals surface area contributed by atoms with Gasteiger partial charge in [-0.2, -0.15) is 4.80 Å². The number of halogens is 1. The zero-order valence-electron chi connectivity index (χ0n) is 21.9. The number of ether oxygens (including phenoxy) is 2. The van der Waals surface area contributed by atoms with Gasteiger partial charge in [-0.25, -0.2) is 4.39 Å². The van der Waals surface area contributed by atoms with Crippen molar-refractivity contribution >= 4 is 11.8 Å². The van der Waals surface area contributed by atoms with E-state index in [4.69, 9.17) is 9.47 Å². The number of aliphatic hydroxyl groups is 1. The number of nitrogens with one attached hydrogen (secondary N) is 1. The maximum Gasteiger partial charge on any atom is 0.247 e. The number of tetrazole rings is 1. The summed E-state index contributed by atoms with van der Waals surface area (Å²) >= 11 is 0. The van der Waals surface area contributed by atoms with E-state index in [1.807, 2.05) is 13.8 Å². The minimum atomic E-state index is -1.07. The summed E-state index contributed by atoms with van der Waals surface area (Å²) in [7, 11) is 2.98. The molecule has 0 radical (unpaired) electrons. The Hall–Kier alpha value is -4.06. The maximum atomic E-state index is 13.5. The van der Waals surface area contributed by atoms with E-state index in [1.54, 1.807) is 18.2 Å². The highest BCUT2D eigenvalue weighted by Gasteiger charge is 2.32. The molecule has 2 N–H and O–H groups in total. The molecule has 0 saturated heterocycles. The van der Waals surface area contributed by atoms with Gasteiger partial charge in [-0.3, -0.25) is 9.59 Å². The summed E-state index contributed by atoms with van der Waals surface area (Å²) < 4.78 is 24.0. The van der Waals surface area contributed by atoms with Gasteiger partial charge in [0.05, 0.1) is 20.8 Å². The number of amides is 2. The Labute approximate surface area is 220 Å². The van der Waals surface area contributed by atoms with E-state index in [2.05, 4.69) is 20.7 Å². The van der Waals surface area contributed by atoms with Crippen molar-refractivity contribution in [3.8, 4) is 22.9 Å². The molecule has 0 fully saturated rings. The third-order valence-corrected chi connectivity index (χ3v) is 5.80. The first kappa shape index (κ1) is 28.5. The van der Waals surface area contributed by atoms with Gasteiger partial charge in [0.2, 0.25) is 17.6 Å². The van der Waals surface area contributed by atoms with Crippen LogP contribution in [-0.4, -0.2) is 75.9 Å². The highest BCUT2D eigenvalue weighted by atomic mass is 19.1. The van der Waals surface area contributed by atoms with Gasteiger partial charge in [0.15, 0.2) is 11.5 Å². The zero-order valence-corrected chi connectivity index (χ0v) is 21.9. The van der Waals surface area contributed by atoms with Crippen molar-refractivity contribution in [2.45, 2.75) is 32.9 Å². The molecule has 0 saturated carbocycles. The standard InChI is InChI=1S/C26H33FN6O5/c1-17(2)11-12-28-26(36)24(19-7-10-21(37-3)22(15-19)38-4)32(13-14-34)23(35)16-33-30-25(29-31-33)18-5-8-20(27)9-6-18/h5-10,15,17,24,34H,11-14,16H2,1-4H3,(H,28,36). The molecular weight excluding hydrogens is 495 g/mol. The van der Waals surface area contributed by atoms with Crippen LogP contribution < -0.4 is 14.8 Å². The zero-order chi connectivity index (χ0) is 27.7. The van der Waals surface area contributed by atoms with Gasteiger partial charge in [-0.05, 0) is 59.5 Å². The van der Waals surface area contributed by atoms with Gasteiger partial charge in [0.1, 0.15) is 18.4 Å². The van der Waals surface area contributed by atoms with Crippen molar-refractivity contribution < 1.29 is 28.6 Å². The minimum absolute atomic E-state index is 0.116. The lowest BCUT2D eigenvalue weighted by atomic mass is 10.0. The number of hydrogen-bond donors (Lipinski definition) is 2. The number of methoxy groups -OCH3 is 2. The SMILES string of the molecule is COc1ccc(C(C(=O)NCCC(C)C)N(CCO)C(=O)Cn2nnc(-c3ccc(F)cc3)n2)cc1OC. The molecule has 1 aromatic heterocycles. The van der Waals surface area contributed by atoms with Crippen molar-refractivity contribution in [2.24, 2.45) is 5.92 Å². The van der Waals surface area contributed by atoms with E-state index in [0.29, 0.717) is 35.1 Å². The molecule has 1 unspecified atom stereocenters. The fourth-order valence-corrected chi connectivity index (χ4v) is 3.82. The molecule has 0 aliphatic heterocycles. The topological polar surface area (TPSA) is 132 Å². The van der Waals surface area contributed by atoms with Crippen LogP contribution >= 0.6 is 0 Å². The Bertz CT molecular complexity index is 1220. The third-order valence-electron chi connectivity index (χ3n) is 5.80. The first-order valence-corrected chi connectivity index (χ1v) is 12.2. The van der Waals surface area contributed by atoms with E-state index in [1.165, 1.54) is 43.4 Å². The average Bonchev–Trinajstić information content (AvgIpc) is 3.36. The second-order valence-corrected chi connectivity index (χ2v) is 8.95. The highest BCUT2D eigenvalue weighted by Crippen LogP contribution is 2.32. The van der Waals surface area contributed by atoms with E-state index in [0.717, 1.165) is 11.2 Å². The van der Waals surface area contributed by atoms with Gasteiger partial charge in [0, 0.05) is 18.7 Å². The maximum absolute atomic E-state index is 13.5. The van der Waals surface area contributed by atoms with E-state index in [9.17, 15) is 19.1 Å². The molecule has 3 aromatic rings. The normalized spacial score (nSPS) is 11.8. The molecule has 1 atom stereocenters. The Morgan fingerprint density at radius 1 is 1.11 bits per heavy atom. The molecule has 3 rings (SSSR count). The number of carbonyl (C=O) groups excluding carboxylic acids is 2.